The molecule has 3 nitrogen and oxygen atoms in total. The first-order chi connectivity index (χ1) is 8.86. The fourth-order valence-electron chi connectivity index (χ4n) is 2.02. The van der Waals surface area contributed by atoms with E-state index < -0.39 is 12.1 Å². The van der Waals surface area contributed by atoms with Gasteiger partial charge in [-0.05, 0) is 42.5 Å². The molecule has 1 aromatic carbocycles. The van der Waals surface area contributed by atoms with E-state index in [4.69, 9.17) is 0 Å². The Balaban J connectivity index is 1.92. The van der Waals surface area contributed by atoms with Crippen LogP contribution < -0.4 is 5.48 Å². The molecule has 1 aliphatic carbocycles. The summed E-state index contributed by atoms with van der Waals surface area (Å²) in [5.74, 6) is -2.21. The van der Waals surface area contributed by atoms with Crippen molar-refractivity contribution in [2.45, 2.75) is 31.5 Å². The number of halogens is 4. The van der Waals surface area contributed by atoms with Crippen LogP contribution in [0.15, 0.2) is 22.7 Å². The van der Waals surface area contributed by atoms with Crippen LogP contribution in [-0.2, 0) is 22.5 Å². The van der Waals surface area contributed by atoms with Crippen LogP contribution in [0.3, 0.4) is 0 Å². The lowest BCUT2D eigenvalue weighted by Gasteiger charge is -2.25. The normalized spacial score (nSPS) is 18.8. The van der Waals surface area contributed by atoms with Gasteiger partial charge in [-0.1, -0.05) is 22.0 Å². The SMILES string of the molecule is O=C(ONC1CCc2cc(Br)ccc2C1)C(F)(F)F. The van der Waals surface area contributed by atoms with E-state index in [1.807, 2.05) is 18.2 Å². The smallest absolute Gasteiger partial charge is 0.363 e. The van der Waals surface area contributed by atoms with E-state index in [2.05, 4.69) is 26.2 Å². The van der Waals surface area contributed by atoms with Crippen LogP contribution in [0.2, 0.25) is 0 Å². The molecule has 0 heterocycles. The summed E-state index contributed by atoms with van der Waals surface area (Å²) in [5.41, 5.74) is 4.41. The Hall–Kier alpha value is -1.08. The summed E-state index contributed by atoms with van der Waals surface area (Å²) in [6.45, 7) is 0. The van der Waals surface area contributed by atoms with E-state index in [1.54, 1.807) is 0 Å². The fraction of sp³-hybridized carbons (Fsp3) is 0.417. The molecule has 2 rings (SSSR count). The van der Waals surface area contributed by atoms with Gasteiger partial charge in [-0.3, -0.25) is 0 Å². The summed E-state index contributed by atoms with van der Waals surface area (Å²) in [5, 5.41) is 0. The van der Waals surface area contributed by atoms with E-state index in [9.17, 15) is 18.0 Å². The highest BCUT2D eigenvalue weighted by molar-refractivity contribution is 9.10. The second kappa shape index (κ2) is 5.50. The van der Waals surface area contributed by atoms with Crippen molar-refractivity contribution in [1.29, 1.82) is 0 Å². The summed E-state index contributed by atoms with van der Waals surface area (Å²) >= 11 is 3.37. The van der Waals surface area contributed by atoms with Crippen molar-refractivity contribution in [2.75, 3.05) is 0 Å². The van der Waals surface area contributed by atoms with Gasteiger partial charge >= 0.3 is 12.1 Å². The molecule has 104 valence electrons. The Morgan fingerprint density at radius 2 is 2.11 bits per heavy atom. The molecule has 0 radical (unpaired) electrons. The summed E-state index contributed by atoms with van der Waals surface area (Å²) in [4.78, 5) is 14.6. The van der Waals surface area contributed by atoms with Gasteiger partial charge in [0, 0.05) is 10.5 Å². The lowest BCUT2D eigenvalue weighted by atomic mass is 9.89. The fourth-order valence-corrected chi connectivity index (χ4v) is 2.43. The molecule has 1 atom stereocenters. The highest BCUT2D eigenvalue weighted by atomic mass is 79.9. The summed E-state index contributed by atoms with van der Waals surface area (Å²) in [6, 6.07) is 5.50. The van der Waals surface area contributed by atoms with Crippen molar-refractivity contribution in [3.05, 3.63) is 33.8 Å². The molecule has 0 aromatic heterocycles. The van der Waals surface area contributed by atoms with E-state index >= 15 is 0 Å². The quantitative estimate of drug-likeness (QED) is 0.843. The lowest BCUT2D eigenvalue weighted by Crippen LogP contribution is -2.39. The zero-order valence-corrected chi connectivity index (χ0v) is 11.3. The zero-order valence-electron chi connectivity index (χ0n) is 9.76. The van der Waals surface area contributed by atoms with Crippen molar-refractivity contribution in [1.82, 2.24) is 5.48 Å². The molecular weight excluding hydrogens is 327 g/mol. The average molecular weight is 338 g/mol. The van der Waals surface area contributed by atoms with Crippen molar-refractivity contribution in [2.24, 2.45) is 0 Å². The van der Waals surface area contributed by atoms with Crippen molar-refractivity contribution in [3.8, 4) is 0 Å². The number of hydrogen-bond acceptors (Lipinski definition) is 3. The van der Waals surface area contributed by atoms with Crippen LogP contribution in [0.4, 0.5) is 13.2 Å². The Labute approximate surface area is 116 Å². The number of hydroxylamine groups is 1. The molecule has 1 unspecified atom stereocenters. The molecule has 0 aliphatic heterocycles. The van der Waals surface area contributed by atoms with E-state index in [-0.39, 0.29) is 6.04 Å². The number of carbonyl (C=O) groups excluding carboxylic acids is 1. The number of hydrogen-bond donors (Lipinski definition) is 1. The molecule has 7 heteroatoms. The predicted molar refractivity (Wildman–Crippen MR) is 65.2 cm³/mol. The number of fused-ring (bicyclic) bond motifs is 1. The minimum absolute atomic E-state index is 0.292. The second-order valence-electron chi connectivity index (χ2n) is 4.36. The second-order valence-corrected chi connectivity index (χ2v) is 5.27. The van der Waals surface area contributed by atoms with E-state index in [0.29, 0.717) is 12.8 Å². The highest BCUT2D eigenvalue weighted by Gasteiger charge is 2.41. The molecule has 1 aromatic rings. The third kappa shape index (κ3) is 3.70. The topological polar surface area (TPSA) is 38.3 Å². The van der Waals surface area contributed by atoms with Gasteiger partial charge in [-0.2, -0.15) is 13.2 Å². The Kier molecular flexibility index (Phi) is 4.15. The summed E-state index contributed by atoms with van der Waals surface area (Å²) in [7, 11) is 0. The maximum absolute atomic E-state index is 12.0. The third-order valence-electron chi connectivity index (χ3n) is 2.95. The van der Waals surface area contributed by atoms with Crippen molar-refractivity contribution >= 4 is 21.9 Å². The minimum Gasteiger partial charge on any atom is -0.363 e. The number of rotatable bonds is 2. The molecule has 0 fully saturated rings. The first-order valence-electron chi connectivity index (χ1n) is 5.67. The summed E-state index contributed by atoms with van der Waals surface area (Å²) in [6.07, 6.45) is -3.08. The van der Waals surface area contributed by atoms with Gasteiger partial charge in [0.1, 0.15) is 0 Å². The van der Waals surface area contributed by atoms with E-state index in [1.165, 1.54) is 0 Å². The van der Waals surface area contributed by atoms with Gasteiger partial charge in [-0.15, -0.1) is 5.48 Å². The predicted octanol–water partition coefficient (Wildman–Crippen LogP) is 2.92. The first kappa shape index (κ1) is 14.3. The lowest BCUT2D eigenvalue weighted by molar-refractivity contribution is -0.208. The Morgan fingerprint density at radius 1 is 1.37 bits per heavy atom. The third-order valence-corrected chi connectivity index (χ3v) is 3.44. The summed E-state index contributed by atoms with van der Waals surface area (Å²) < 4.78 is 36.9. The number of aryl methyl sites for hydroxylation is 1. The molecule has 0 bridgehead atoms. The molecule has 0 amide bonds. The molecule has 0 spiro atoms. The Morgan fingerprint density at radius 3 is 2.79 bits per heavy atom. The van der Waals surface area contributed by atoms with Crippen LogP contribution in [0.25, 0.3) is 0 Å². The minimum atomic E-state index is -4.97. The van der Waals surface area contributed by atoms with Crippen LogP contribution in [-0.4, -0.2) is 18.2 Å². The van der Waals surface area contributed by atoms with Gasteiger partial charge in [0.15, 0.2) is 0 Å². The number of alkyl halides is 3. The number of benzene rings is 1. The Bertz CT molecular complexity index is 490. The maximum Gasteiger partial charge on any atom is 0.492 e. The van der Waals surface area contributed by atoms with Gasteiger partial charge in [-0.25, -0.2) is 4.79 Å². The molecular formula is C12H11BrF3NO2. The van der Waals surface area contributed by atoms with Crippen molar-refractivity contribution < 1.29 is 22.8 Å². The van der Waals surface area contributed by atoms with Crippen LogP contribution in [0.1, 0.15) is 17.5 Å². The highest BCUT2D eigenvalue weighted by Crippen LogP contribution is 2.25. The van der Waals surface area contributed by atoms with E-state index in [0.717, 1.165) is 22.0 Å². The first-order valence-corrected chi connectivity index (χ1v) is 6.46. The van der Waals surface area contributed by atoms with Gasteiger partial charge in [0.05, 0.1) is 0 Å². The molecule has 0 saturated heterocycles. The van der Waals surface area contributed by atoms with Crippen molar-refractivity contribution in [3.63, 3.8) is 0 Å². The standard InChI is InChI=1S/C12H11BrF3NO2/c13-9-3-1-8-6-10(4-2-7(8)5-9)17-19-11(18)12(14,15)16/h1,3,5,10,17H,2,4,6H2. The molecule has 1 N–H and O–H groups in total. The van der Waals surface area contributed by atoms with Gasteiger partial charge in [0.25, 0.3) is 0 Å². The largest absolute Gasteiger partial charge is 0.492 e. The van der Waals surface area contributed by atoms with Gasteiger partial charge in [0.2, 0.25) is 0 Å². The number of carbonyl (C=O) groups is 1. The zero-order chi connectivity index (χ0) is 14.0. The van der Waals surface area contributed by atoms with Crippen LogP contribution >= 0.6 is 15.9 Å². The van der Waals surface area contributed by atoms with Crippen LogP contribution in [0, 0.1) is 0 Å². The van der Waals surface area contributed by atoms with Crippen LogP contribution in [0.5, 0.6) is 0 Å². The molecule has 1 aliphatic rings. The monoisotopic (exact) mass is 337 g/mol. The molecule has 0 saturated carbocycles. The molecule has 19 heavy (non-hydrogen) atoms. The number of nitrogens with one attached hydrogen (secondary N) is 1. The average Bonchev–Trinajstić information content (AvgIpc) is 2.34. The maximum atomic E-state index is 12.0. The van der Waals surface area contributed by atoms with Gasteiger partial charge < -0.3 is 4.84 Å².